The smallest absolute Gasteiger partial charge is 0.421 e. The van der Waals surface area contributed by atoms with Gasteiger partial charge in [0.15, 0.2) is 5.60 Å². The van der Waals surface area contributed by atoms with Gasteiger partial charge in [0.1, 0.15) is 12.3 Å². The summed E-state index contributed by atoms with van der Waals surface area (Å²) >= 11 is 1.09. The minimum Gasteiger partial charge on any atom is -0.480 e. The Hall–Kier alpha value is -2.37. The number of hydrogen-bond acceptors (Lipinski definition) is 7. The average molecular weight is 462 g/mol. The quantitative estimate of drug-likeness (QED) is 0.144. The van der Waals surface area contributed by atoms with E-state index in [-0.39, 0.29) is 23.5 Å². The van der Waals surface area contributed by atoms with E-state index in [0.29, 0.717) is 17.4 Å². The molecule has 172 valence electrons. The van der Waals surface area contributed by atoms with Crippen LogP contribution in [0.5, 0.6) is 0 Å². The maximum Gasteiger partial charge on any atom is 0.421 e. The maximum absolute atomic E-state index is 13.7. The van der Waals surface area contributed by atoms with Gasteiger partial charge in [-0.05, 0) is 41.6 Å². The summed E-state index contributed by atoms with van der Waals surface area (Å²) in [5.41, 5.74) is 2.82. The number of aliphatic carboxylic acids is 1. The number of carboxylic acids is 1. The van der Waals surface area contributed by atoms with E-state index in [1.54, 1.807) is 14.1 Å². The normalized spacial score (nSPS) is 15.5. The van der Waals surface area contributed by atoms with Gasteiger partial charge in [-0.15, -0.1) is 0 Å². The number of hydrogen-bond donors (Lipinski definition) is 3. The third-order valence-corrected chi connectivity index (χ3v) is 5.36. The second kappa shape index (κ2) is 11.9. The number of rotatable bonds is 12. The van der Waals surface area contributed by atoms with Crippen molar-refractivity contribution in [1.29, 1.82) is 0 Å². The number of carboxylic acid groups (broad SMARTS) is 1. The van der Waals surface area contributed by atoms with Crippen molar-refractivity contribution in [2.45, 2.75) is 30.7 Å². The summed E-state index contributed by atoms with van der Waals surface area (Å²) < 4.78 is 41.0. The molecule has 0 aliphatic rings. The zero-order valence-electron chi connectivity index (χ0n) is 17.2. The molecule has 31 heavy (non-hydrogen) atoms. The second-order valence-electron chi connectivity index (χ2n) is 6.88. The van der Waals surface area contributed by atoms with E-state index in [2.05, 4.69) is 5.10 Å². The second-order valence-corrected chi connectivity index (χ2v) is 8.11. The van der Waals surface area contributed by atoms with Crippen LogP contribution in [0.2, 0.25) is 0 Å². The van der Waals surface area contributed by atoms with Crippen LogP contribution in [0, 0.1) is 0 Å². The Kier molecular flexibility index (Phi) is 10.2. The van der Waals surface area contributed by atoms with Crippen molar-refractivity contribution in [3.8, 4) is 0 Å². The predicted octanol–water partition coefficient (Wildman–Crippen LogP) is 2.49. The fraction of sp³-hybridized carbons (Fsp3) is 0.450. The van der Waals surface area contributed by atoms with Crippen molar-refractivity contribution >= 4 is 35.8 Å². The Bertz CT molecular complexity index is 798. The summed E-state index contributed by atoms with van der Waals surface area (Å²) in [5, 5.41) is 24.7. The number of aliphatic hydroxyl groups is 1. The predicted molar refractivity (Wildman–Crippen MR) is 115 cm³/mol. The molecule has 0 bridgehead atoms. The van der Waals surface area contributed by atoms with Gasteiger partial charge in [0.05, 0.1) is 6.21 Å². The van der Waals surface area contributed by atoms with Crippen molar-refractivity contribution < 1.29 is 33.0 Å². The molecule has 7 nitrogen and oxygen atoms in total. The molecule has 0 heterocycles. The van der Waals surface area contributed by atoms with Gasteiger partial charge >= 0.3 is 12.1 Å². The van der Waals surface area contributed by atoms with Gasteiger partial charge in [-0.2, -0.15) is 30.0 Å². The Morgan fingerprint density at radius 1 is 1.26 bits per heavy atom. The van der Waals surface area contributed by atoms with Crippen molar-refractivity contribution in [3.05, 3.63) is 41.5 Å². The molecule has 0 aliphatic heterocycles. The fourth-order valence-electron chi connectivity index (χ4n) is 2.51. The molecule has 1 aromatic rings. The minimum absolute atomic E-state index is 0.0457. The van der Waals surface area contributed by atoms with Crippen LogP contribution >= 0.6 is 11.8 Å². The Morgan fingerprint density at radius 3 is 2.35 bits per heavy atom. The van der Waals surface area contributed by atoms with Gasteiger partial charge in [-0.1, -0.05) is 24.3 Å². The number of carbonyl (C=O) groups is 2. The third kappa shape index (κ3) is 8.00. The Balaban J connectivity index is 2.97. The van der Waals surface area contributed by atoms with Crippen LogP contribution < -0.4 is 5.73 Å². The van der Waals surface area contributed by atoms with E-state index in [4.69, 9.17) is 10.8 Å². The highest BCUT2D eigenvalue weighted by Gasteiger charge is 2.54. The molecule has 11 heteroatoms. The van der Waals surface area contributed by atoms with E-state index in [0.717, 1.165) is 23.9 Å². The molecule has 0 aromatic heterocycles. The van der Waals surface area contributed by atoms with Crippen molar-refractivity contribution in [3.63, 3.8) is 0 Å². The highest BCUT2D eigenvalue weighted by molar-refractivity contribution is 7.99. The first-order valence-corrected chi connectivity index (χ1v) is 10.4. The first-order valence-electron chi connectivity index (χ1n) is 9.25. The van der Waals surface area contributed by atoms with Gasteiger partial charge in [0.2, 0.25) is 0 Å². The van der Waals surface area contributed by atoms with E-state index < -0.39 is 30.2 Å². The molecule has 0 radical (unpaired) electrons. The number of aldehydes is 1. The summed E-state index contributed by atoms with van der Waals surface area (Å²) in [4.78, 5) is 21.5. The highest BCUT2D eigenvalue weighted by Crippen LogP contribution is 2.42. The molecule has 0 amide bonds. The summed E-state index contributed by atoms with van der Waals surface area (Å²) in [7, 11) is 3.35. The lowest BCUT2D eigenvalue weighted by atomic mass is 9.89. The maximum atomic E-state index is 13.7. The molecular formula is C20H26F3N3O4S. The standard InChI is InChI=1S/C20H26F3N3O4S/c1-26(2)25-13-15(7-10-27)14-3-5-16(6-4-14)19(30,20(21,22)23)9-12-31-11-8-17(24)18(28)29/h3-7,10,13,17,30H,8-9,11-12,24H2,1-2H3,(H,28,29)/b15-7+,25-13-. The molecule has 2 unspecified atom stereocenters. The van der Waals surface area contributed by atoms with Crippen molar-refractivity contribution in [1.82, 2.24) is 5.01 Å². The lowest BCUT2D eigenvalue weighted by molar-refractivity contribution is -0.267. The molecule has 0 fully saturated rings. The minimum atomic E-state index is -4.92. The number of carbonyl (C=O) groups excluding carboxylic acids is 1. The zero-order chi connectivity index (χ0) is 23.7. The summed E-state index contributed by atoms with van der Waals surface area (Å²) in [6, 6.07) is 4.00. The topological polar surface area (TPSA) is 116 Å². The lowest BCUT2D eigenvalue weighted by Crippen LogP contribution is -2.42. The molecule has 4 N–H and O–H groups in total. The first kappa shape index (κ1) is 26.7. The number of hydrazone groups is 1. The van der Waals surface area contributed by atoms with Gasteiger partial charge in [-0.25, -0.2) is 0 Å². The molecule has 1 rings (SSSR count). The fourth-order valence-corrected chi connectivity index (χ4v) is 3.57. The Morgan fingerprint density at radius 2 is 1.87 bits per heavy atom. The molecule has 0 aliphatic carbocycles. The SMILES string of the molecule is CN(C)/N=C\C(=C/C=O)c1ccc(C(O)(CCSCCC(N)C(=O)O)C(F)(F)F)cc1. The summed E-state index contributed by atoms with van der Waals surface area (Å²) in [6.07, 6.45) is -2.24. The van der Waals surface area contributed by atoms with Crippen LogP contribution in [0.15, 0.2) is 35.4 Å². The first-order chi connectivity index (χ1) is 14.4. The van der Waals surface area contributed by atoms with E-state index in [1.807, 2.05) is 0 Å². The lowest BCUT2D eigenvalue weighted by Gasteiger charge is -2.31. The monoisotopic (exact) mass is 461 g/mol. The average Bonchev–Trinajstić information content (AvgIpc) is 2.69. The number of allylic oxidation sites excluding steroid dienone is 2. The third-order valence-electron chi connectivity index (χ3n) is 4.34. The van der Waals surface area contributed by atoms with Gasteiger partial charge in [-0.3, -0.25) is 9.59 Å². The van der Waals surface area contributed by atoms with E-state index in [1.165, 1.54) is 29.4 Å². The van der Waals surface area contributed by atoms with Crippen LogP contribution in [0.25, 0.3) is 5.57 Å². The molecule has 1 aromatic carbocycles. The van der Waals surface area contributed by atoms with Crippen LogP contribution in [-0.2, 0) is 15.2 Å². The zero-order valence-corrected chi connectivity index (χ0v) is 18.0. The number of alkyl halides is 3. The number of benzene rings is 1. The summed E-state index contributed by atoms with van der Waals surface area (Å²) in [5.74, 6) is -0.965. The molecule has 2 atom stereocenters. The largest absolute Gasteiger partial charge is 0.480 e. The molecular weight excluding hydrogens is 435 g/mol. The van der Waals surface area contributed by atoms with Crippen LogP contribution in [0.3, 0.4) is 0 Å². The number of nitrogens with zero attached hydrogens (tertiary/aromatic N) is 2. The number of halogens is 3. The Labute approximate surface area is 182 Å². The molecule has 0 saturated carbocycles. The van der Waals surface area contributed by atoms with Crippen LogP contribution in [0.1, 0.15) is 24.0 Å². The van der Waals surface area contributed by atoms with Crippen LogP contribution in [-0.4, -0.2) is 71.5 Å². The molecule has 0 saturated heterocycles. The number of thioether (sulfide) groups is 1. The van der Waals surface area contributed by atoms with Crippen molar-refractivity contribution in [2.24, 2.45) is 10.8 Å². The van der Waals surface area contributed by atoms with Crippen molar-refractivity contribution in [2.75, 3.05) is 25.6 Å². The summed E-state index contributed by atoms with van der Waals surface area (Å²) in [6.45, 7) is 0. The van der Waals surface area contributed by atoms with Gasteiger partial charge < -0.3 is 21.0 Å². The van der Waals surface area contributed by atoms with E-state index >= 15 is 0 Å². The van der Waals surface area contributed by atoms with E-state index in [9.17, 15) is 27.9 Å². The van der Waals surface area contributed by atoms with Gasteiger partial charge in [0.25, 0.3) is 0 Å². The molecule has 0 spiro atoms. The number of nitrogens with two attached hydrogens (primary N) is 1. The van der Waals surface area contributed by atoms with Gasteiger partial charge in [0, 0.05) is 19.7 Å². The van der Waals surface area contributed by atoms with Crippen LogP contribution in [0.4, 0.5) is 13.2 Å². The highest BCUT2D eigenvalue weighted by atomic mass is 32.2.